The van der Waals surface area contributed by atoms with Gasteiger partial charge >= 0.3 is 5.97 Å². The predicted octanol–water partition coefficient (Wildman–Crippen LogP) is 2.78. The monoisotopic (exact) mass is 229 g/mol. The molecule has 0 saturated carbocycles. The summed E-state index contributed by atoms with van der Waals surface area (Å²) in [6, 6.07) is 7.64. The number of fused-ring (bicyclic) bond motifs is 3. The molecule has 2 aromatic rings. The van der Waals surface area contributed by atoms with E-state index in [2.05, 4.69) is 6.07 Å². The molecule has 1 aromatic carbocycles. The quantitative estimate of drug-likeness (QED) is 0.860. The Morgan fingerprint density at radius 2 is 2.12 bits per heavy atom. The topological polar surface area (TPSA) is 42.2 Å². The summed E-state index contributed by atoms with van der Waals surface area (Å²) in [5.74, 6) is -0.763. The lowest BCUT2D eigenvalue weighted by molar-refractivity contribution is -0.140. The minimum Gasteiger partial charge on any atom is -0.480 e. The molecule has 1 atom stereocenters. The zero-order valence-corrected chi connectivity index (χ0v) is 9.81. The molecular formula is C14H15NO2. The van der Waals surface area contributed by atoms with E-state index in [9.17, 15) is 9.90 Å². The van der Waals surface area contributed by atoms with E-state index in [1.54, 1.807) is 6.92 Å². The molecule has 88 valence electrons. The van der Waals surface area contributed by atoms with Gasteiger partial charge < -0.3 is 9.67 Å². The Labute approximate surface area is 99.7 Å². The maximum Gasteiger partial charge on any atom is 0.326 e. The van der Waals surface area contributed by atoms with E-state index in [0.29, 0.717) is 0 Å². The molecule has 0 bridgehead atoms. The van der Waals surface area contributed by atoms with Gasteiger partial charge in [0.25, 0.3) is 0 Å². The number of rotatable bonds is 2. The predicted molar refractivity (Wildman–Crippen MR) is 66.3 cm³/mol. The van der Waals surface area contributed by atoms with Crippen molar-refractivity contribution < 1.29 is 9.90 Å². The van der Waals surface area contributed by atoms with Crippen LogP contribution in [0.15, 0.2) is 24.3 Å². The summed E-state index contributed by atoms with van der Waals surface area (Å²) < 4.78 is 2.00. The molecule has 1 unspecified atom stereocenters. The lowest BCUT2D eigenvalue weighted by atomic mass is 10.1. The smallest absolute Gasteiger partial charge is 0.326 e. The number of aromatic nitrogens is 1. The Morgan fingerprint density at radius 3 is 2.88 bits per heavy atom. The maximum atomic E-state index is 11.2. The van der Waals surface area contributed by atoms with Gasteiger partial charge in [-0.05, 0) is 37.8 Å². The molecular weight excluding hydrogens is 214 g/mol. The fourth-order valence-corrected chi connectivity index (χ4v) is 2.92. The van der Waals surface area contributed by atoms with Crippen molar-refractivity contribution >= 4 is 16.9 Å². The van der Waals surface area contributed by atoms with Gasteiger partial charge in [-0.25, -0.2) is 4.79 Å². The Bertz CT molecular complexity index is 598. The number of para-hydroxylation sites is 1. The van der Waals surface area contributed by atoms with E-state index >= 15 is 0 Å². The van der Waals surface area contributed by atoms with Crippen LogP contribution in [0.5, 0.6) is 0 Å². The van der Waals surface area contributed by atoms with Gasteiger partial charge in [0.2, 0.25) is 0 Å². The van der Waals surface area contributed by atoms with Crippen molar-refractivity contribution in [2.75, 3.05) is 0 Å². The number of carboxylic acid groups (broad SMARTS) is 1. The summed E-state index contributed by atoms with van der Waals surface area (Å²) in [6.07, 6.45) is 3.22. The van der Waals surface area contributed by atoms with Crippen molar-refractivity contribution in [1.82, 2.24) is 4.57 Å². The van der Waals surface area contributed by atoms with Gasteiger partial charge in [-0.15, -0.1) is 0 Å². The van der Waals surface area contributed by atoms with Gasteiger partial charge in [0.1, 0.15) is 6.04 Å². The van der Waals surface area contributed by atoms with Gasteiger partial charge in [0.15, 0.2) is 0 Å². The number of aryl methyl sites for hydroxylation is 1. The first kappa shape index (κ1) is 10.4. The van der Waals surface area contributed by atoms with E-state index in [-0.39, 0.29) is 0 Å². The first-order valence-electron chi connectivity index (χ1n) is 6.03. The van der Waals surface area contributed by atoms with E-state index in [4.69, 9.17) is 0 Å². The molecule has 1 aliphatic carbocycles. The van der Waals surface area contributed by atoms with Gasteiger partial charge in [-0.1, -0.05) is 18.2 Å². The highest BCUT2D eigenvalue weighted by molar-refractivity contribution is 5.88. The van der Waals surface area contributed by atoms with Crippen molar-refractivity contribution in [1.29, 1.82) is 0 Å². The highest BCUT2D eigenvalue weighted by atomic mass is 16.4. The third-order valence-electron chi connectivity index (χ3n) is 3.71. The maximum absolute atomic E-state index is 11.2. The average molecular weight is 229 g/mol. The van der Waals surface area contributed by atoms with E-state index in [0.717, 1.165) is 24.8 Å². The number of hydrogen-bond donors (Lipinski definition) is 1. The van der Waals surface area contributed by atoms with Gasteiger partial charge in [-0.3, -0.25) is 0 Å². The number of nitrogens with zero attached hydrogens (tertiary/aromatic N) is 1. The van der Waals surface area contributed by atoms with E-state index < -0.39 is 12.0 Å². The van der Waals surface area contributed by atoms with Crippen LogP contribution in [0.4, 0.5) is 0 Å². The summed E-state index contributed by atoms with van der Waals surface area (Å²) in [4.78, 5) is 11.2. The van der Waals surface area contributed by atoms with Gasteiger partial charge in [0.05, 0.1) is 0 Å². The Kier molecular flexibility index (Phi) is 2.21. The molecule has 1 N–H and O–H groups in total. The van der Waals surface area contributed by atoms with Crippen molar-refractivity contribution in [3.8, 4) is 0 Å². The zero-order valence-electron chi connectivity index (χ0n) is 9.81. The normalized spacial score (nSPS) is 16.1. The average Bonchev–Trinajstić information content (AvgIpc) is 2.87. The Balaban J connectivity index is 2.33. The second kappa shape index (κ2) is 3.62. The first-order valence-corrected chi connectivity index (χ1v) is 6.03. The molecule has 0 radical (unpaired) electrons. The summed E-state index contributed by atoms with van der Waals surface area (Å²) in [5.41, 5.74) is 3.64. The number of carboxylic acids is 1. The molecule has 0 amide bonds. The second-order valence-corrected chi connectivity index (χ2v) is 4.68. The number of aliphatic carboxylic acids is 1. The van der Waals surface area contributed by atoms with E-state index in [1.165, 1.54) is 16.6 Å². The lowest BCUT2D eigenvalue weighted by Crippen LogP contribution is -2.17. The minimum atomic E-state index is -0.763. The molecule has 1 heterocycles. The highest BCUT2D eigenvalue weighted by Gasteiger charge is 2.26. The molecule has 0 aliphatic heterocycles. The first-order chi connectivity index (χ1) is 8.20. The van der Waals surface area contributed by atoms with E-state index in [1.807, 2.05) is 22.8 Å². The molecule has 0 fully saturated rings. The molecule has 3 nitrogen and oxygen atoms in total. The van der Waals surface area contributed by atoms with Crippen molar-refractivity contribution in [2.24, 2.45) is 0 Å². The van der Waals surface area contributed by atoms with Gasteiger partial charge in [-0.2, -0.15) is 0 Å². The number of carbonyl (C=O) groups is 1. The van der Waals surface area contributed by atoms with Crippen LogP contribution in [-0.2, 0) is 17.6 Å². The van der Waals surface area contributed by atoms with Crippen LogP contribution in [0.25, 0.3) is 10.9 Å². The SMILES string of the molecule is CC(C(=O)O)n1c2c(c3ccccc31)CCC2. The largest absolute Gasteiger partial charge is 0.480 e. The van der Waals surface area contributed by atoms with Crippen LogP contribution in [0.2, 0.25) is 0 Å². The molecule has 0 saturated heterocycles. The molecule has 3 rings (SSSR count). The number of benzene rings is 1. The van der Waals surface area contributed by atoms with Gasteiger partial charge in [0, 0.05) is 16.6 Å². The molecule has 1 aliphatic rings. The van der Waals surface area contributed by atoms with Crippen LogP contribution in [0.1, 0.15) is 30.6 Å². The van der Waals surface area contributed by atoms with Crippen LogP contribution in [-0.4, -0.2) is 15.6 Å². The van der Waals surface area contributed by atoms with Crippen LogP contribution in [0.3, 0.4) is 0 Å². The standard InChI is InChI=1S/C14H15NO2/c1-9(14(16)17)15-12-7-3-2-5-10(12)11-6-4-8-13(11)15/h2-3,5,7,9H,4,6,8H2,1H3,(H,16,17). The minimum absolute atomic E-state index is 0.484. The third kappa shape index (κ3) is 1.38. The summed E-state index contributed by atoms with van der Waals surface area (Å²) in [7, 11) is 0. The summed E-state index contributed by atoms with van der Waals surface area (Å²) in [6.45, 7) is 1.76. The summed E-state index contributed by atoms with van der Waals surface area (Å²) in [5, 5.41) is 10.5. The molecule has 17 heavy (non-hydrogen) atoms. The lowest BCUT2D eigenvalue weighted by Gasteiger charge is -2.13. The second-order valence-electron chi connectivity index (χ2n) is 4.68. The molecule has 3 heteroatoms. The molecule has 0 spiro atoms. The zero-order chi connectivity index (χ0) is 12.0. The van der Waals surface area contributed by atoms with Crippen molar-refractivity contribution in [2.45, 2.75) is 32.2 Å². The van der Waals surface area contributed by atoms with Crippen molar-refractivity contribution in [3.05, 3.63) is 35.5 Å². The fraction of sp³-hybridized carbons (Fsp3) is 0.357. The van der Waals surface area contributed by atoms with Crippen LogP contribution in [0, 0.1) is 0 Å². The Morgan fingerprint density at radius 1 is 1.35 bits per heavy atom. The number of hydrogen-bond acceptors (Lipinski definition) is 1. The molecule has 1 aromatic heterocycles. The third-order valence-corrected chi connectivity index (χ3v) is 3.71. The fourth-order valence-electron chi connectivity index (χ4n) is 2.92. The van der Waals surface area contributed by atoms with Crippen molar-refractivity contribution in [3.63, 3.8) is 0 Å². The summed E-state index contributed by atoms with van der Waals surface area (Å²) >= 11 is 0. The van der Waals surface area contributed by atoms with Crippen LogP contribution < -0.4 is 0 Å². The Hall–Kier alpha value is -1.77. The van der Waals surface area contributed by atoms with Crippen LogP contribution >= 0.6 is 0 Å². The highest BCUT2D eigenvalue weighted by Crippen LogP contribution is 2.35.